The van der Waals surface area contributed by atoms with E-state index >= 15 is 0 Å². The van der Waals surface area contributed by atoms with Crippen molar-refractivity contribution in [3.05, 3.63) is 66.4 Å². The molecule has 0 bridgehead atoms. The zero-order valence-electron chi connectivity index (χ0n) is 16.0. The minimum atomic E-state index is -0.401. The van der Waals surface area contributed by atoms with Gasteiger partial charge >= 0.3 is 0 Å². The number of carbonyl (C=O) groups excluding carboxylic acids is 2. The molecular weight excluding hydrogens is 388 g/mol. The van der Waals surface area contributed by atoms with Gasteiger partial charge in [-0.05, 0) is 48.5 Å². The molecule has 2 aromatic carbocycles. The Balaban J connectivity index is 1.56. The van der Waals surface area contributed by atoms with Crippen molar-refractivity contribution in [3.8, 4) is 17.1 Å². The molecule has 3 rings (SSSR count). The van der Waals surface area contributed by atoms with Crippen LogP contribution >= 0.6 is 11.8 Å². The van der Waals surface area contributed by atoms with Crippen LogP contribution < -0.4 is 15.8 Å². The molecule has 3 aromatic rings. The summed E-state index contributed by atoms with van der Waals surface area (Å²) in [5.41, 5.74) is 6.81. The zero-order chi connectivity index (χ0) is 20.6. The predicted octanol–water partition coefficient (Wildman–Crippen LogP) is 4.10. The molecule has 0 aliphatic rings. The van der Waals surface area contributed by atoms with Gasteiger partial charge in [0.1, 0.15) is 17.3 Å². The van der Waals surface area contributed by atoms with Crippen molar-refractivity contribution >= 4 is 29.3 Å². The predicted molar refractivity (Wildman–Crippen MR) is 114 cm³/mol. The molecule has 6 nitrogen and oxygen atoms in total. The van der Waals surface area contributed by atoms with Gasteiger partial charge in [0.25, 0.3) is 0 Å². The number of hydrogen-bond donors (Lipinski definition) is 2. The summed E-state index contributed by atoms with van der Waals surface area (Å²) in [4.78, 5) is 24.2. The summed E-state index contributed by atoms with van der Waals surface area (Å²) in [6.07, 6.45) is 0.767. The number of nitrogens with two attached hydrogens (primary N) is 1. The molecule has 0 radical (unpaired) electrons. The van der Waals surface area contributed by atoms with Crippen molar-refractivity contribution in [1.29, 1.82) is 0 Å². The largest absolute Gasteiger partial charge is 0.497 e. The molecule has 3 N–H and O–H groups in total. The summed E-state index contributed by atoms with van der Waals surface area (Å²) in [6, 6.07) is 18.7. The Hall–Kier alpha value is -3.19. The molecule has 150 valence electrons. The number of rotatable bonds is 9. The van der Waals surface area contributed by atoms with Crippen LogP contribution in [-0.2, 0) is 16.0 Å². The number of benzene rings is 2. The average Bonchev–Trinajstić information content (AvgIpc) is 3.21. The first kappa shape index (κ1) is 20.5. The topological polar surface area (TPSA) is 94.6 Å². The molecule has 0 saturated heterocycles. The Morgan fingerprint density at radius 2 is 1.83 bits per heavy atom. The Morgan fingerprint density at radius 3 is 2.55 bits per heavy atom. The van der Waals surface area contributed by atoms with Crippen molar-refractivity contribution in [3.63, 3.8) is 0 Å². The van der Waals surface area contributed by atoms with Gasteiger partial charge in [-0.1, -0.05) is 12.1 Å². The fraction of sp³-hybridized carbons (Fsp3) is 0.182. The number of para-hydroxylation sites is 1. The van der Waals surface area contributed by atoms with E-state index in [1.165, 1.54) is 11.8 Å². The van der Waals surface area contributed by atoms with E-state index in [1.807, 2.05) is 54.6 Å². The van der Waals surface area contributed by atoms with Crippen LogP contribution in [0.15, 0.2) is 70.0 Å². The number of aryl methyl sites for hydroxylation is 1. The SMILES string of the molecule is COc1ccc(-c2ccc(CCC(=O)Nc3ccccc3SCC(N)=O)o2)cc1. The fourth-order valence-electron chi connectivity index (χ4n) is 2.72. The van der Waals surface area contributed by atoms with Gasteiger partial charge in [0, 0.05) is 23.3 Å². The second-order valence-electron chi connectivity index (χ2n) is 6.29. The van der Waals surface area contributed by atoms with Crippen molar-refractivity contribution < 1.29 is 18.7 Å². The Labute approximate surface area is 173 Å². The molecule has 0 spiro atoms. The van der Waals surface area contributed by atoms with Crippen LogP contribution in [0.25, 0.3) is 11.3 Å². The van der Waals surface area contributed by atoms with E-state index in [4.69, 9.17) is 14.9 Å². The quantitative estimate of drug-likeness (QED) is 0.518. The summed E-state index contributed by atoms with van der Waals surface area (Å²) >= 11 is 1.30. The van der Waals surface area contributed by atoms with Crippen molar-refractivity contribution in [2.75, 3.05) is 18.2 Å². The van der Waals surface area contributed by atoms with Crippen molar-refractivity contribution in [2.24, 2.45) is 5.73 Å². The summed E-state index contributed by atoms with van der Waals surface area (Å²) in [6.45, 7) is 0. The highest BCUT2D eigenvalue weighted by Gasteiger charge is 2.11. The Bertz CT molecular complexity index is 982. The number of nitrogens with one attached hydrogen (secondary N) is 1. The van der Waals surface area contributed by atoms with Crippen LogP contribution in [0.1, 0.15) is 12.2 Å². The van der Waals surface area contributed by atoms with Crippen LogP contribution in [0.5, 0.6) is 5.75 Å². The van der Waals surface area contributed by atoms with E-state index < -0.39 is 5.91 Å². The molecule has 0 unspecified atom stereocenters. The van der Waals surface area contributed by atoms with Gasteiger partial charge < -0.3 is 20.2 Å². The van der Waals surface area contributed by atoms with Crippen molar-refractivity contribution in [2.45, 2.75) is 17.7 Å². The highest BCUT2D eigenvalue weighted by molar-refractivity contribution is 8.00. The Kier molecular flexibility index (Phi) is 6.97. The zero-order valence-corrected chi connectivity index (χ0v) is 16.8. The van der Waals surface area contributed by atoms with E-state index in [-0.39, 0.29) is 18.1 Å². The van der Waals surface area contributed by atoms with Gasteiger partial charge in [0.05, 0.1) is 18.6 Å². The minimum Gasteiger partial charge on any atom is -0.497 e. The van der Waals surface area contributed by atoms with Gasteiger partial charge in [-0.2, -0.15) is 0 Å². The van der Waals surface area contributed by atoms with Gasteiger partial charge in [-0.3, -0.25) is 9.59 Å². The molecule has 7 heteroatoms. The smallest absolute Gasteiger partial charge is 0.227 e. The molecular formula is C22H22N2O4S. The molecule has 0 saturated carbocycles. The number of anilines is 1. The summed E-state index contributed by atoms with van der Waals surface area (Å²) in [5, 5.41) is 2.89. The first-order valence-electron chi connectivity index (χ1n) is 9.08. The van der Waals surface area contributed by atoms with Gasteiger partial charge in [-0.15, -0.1) is 11.8 Å². The second kappa shape index (κ2) is 9.84. The highest BCUT2D eigenvalue weighted by Crippen LogP contribution is 2.27. The van der Waals surface area contributed by atoms with Crippen LogP contribution in [0, 0.1) is 0 Å². The lowest BCUT2D eigenvalue weighted by Gasteiger charge is -2.09. The molecule has 0 aliphatic heterocycles. The first-order chi connectivity index (χ1) is 14.0. The van der Waals surface area contributed by atoms with E-state index in [1.54, 1.807) is 13.2 Å². The number of primary amides is 1. The van der Waals surface area contributed by atoms with Gasteiger partial charge in [0.15, 0.2) is 0 Å². The normalized spacial score (nSPS) is 10.5. The highest BCUT2D eigenvalue weighted by atomic mass is 32.2. The number of ether oxygens (including phenoxy) is 1. The lowest BCUT2D eigenvalue weighted by atomic mass is 10.2. The number of thioether (sulfide) groups is 1. The molecule has 0 fully saturated rings. The van der Waals surface area contributed by atoms with E-state index in [0.717, 1.165) is 27.7 Å². The Morgan fingerprint density at radius 1 is 1.07 bits per heavy atom. The number of carbonyl (C=O) groups is 2. The maximum atomic E-state index is 12.4. The molecule has 0 aliphatic carbocycles. The number of hydrogen-bond acceptors (Lipinski definition) is 5. The van der Waals surface area contributed by atoms with Crippen molar-refractivity contribution in [1.82, 2.24) is 0 Å². The van der Waals surface area contributed by atoms with E-state index in [0.29, 0.717) is 12.1 Å². The molecule has 29 heavy (non-hydrogen) atoms. The number of methoxy groups -OCH3 is 1. The first-order valence-corrected chi connectivity index (χ1v) is 10.1. The monoisotopic (exact) mass is 410 g/mol. The number of furan rings is 1. The van der Waals surface area contributed by atoms with Crippen LogP contribution in [0.3, 0.4) is 0 Å². The second-order valence-corrected chi connectivity index (χ2v) is 7.31. The minimum absolute atomic E-state index is 0.125. The van der Waals surface area contributed by atoms with Crippen LogP contribution in [-0.4, -0.2) is 24.7 Å². The third-order valence-electron chi connectivity index (χ3n) is 4.17. The van der Waals surface area contributed by atoms with Crippen LogP contribution in [0.4, 0.5) is 5.69 Å². The van der Waals surface area contributed by atoms with Crippen LogP contribution in [0.2, 0.25) is 0 Å². The maximum absolute atomic E-state index is 12.4. The third kappa shape index (κ3) is 5.89. The maximum Gasteiger partial charge on any atom is 0.227 e. The summed E-state index contributed by atoms with van der Waals surface area (Å²) in [5.74, 6) is 1.90. The fourth-order valence-corrected chi connectivity index (χ4v) is 3.46. The molecule has 1 aromatic heterocycles. The standard InChI is InChI=1S/C22H22N2O4S/c1-27-16-8-6-15(7-9-16)19-12-10-17(28-19)11-13-22(26)24-18-4-2-3-5-20(18)29-14-21(23)25/h2-10,12H,11,13-14H2,1H3,(H2,23,25)(H,24,26). The third-order valence-corrected chi connectivity index (χ3v) is 5.26. The lowest BCUT2D eigenvalue weighted by Crippen LogP contribution is -2.15. The lowest BCUT2D eigenvalue weighted by molar-refractivity contribution is -0.116. The van der Waals surface area contributed by atoms with E-state index in [2.05, 4.69) is 5.32 Å². The summed E-state index contributed by atoms with van der Waals surface area (Å²) in [7, 11) is 1.62. The molecule has 0 atom stereocenters. The number of amides is 2. The molecule has 1 heterocycles. The van der Waals surface area contributed by atoms with Gasteiger partial charge in [0.2, 0.25) is 11.8 Å². The molecule has 2 amide bonds. The van der Waals surface area contributed by atoms with E-state index in [9.17, 15) is 9.59 Å². The van der Waals surface area contributed by atoms with Gasteiger partial charge in [-0.25, -0.2) is 0 Å². The summed E-state index contributed by atoms with van der Waals surface area (Å²) < 4.78 is 11.0. The average molecular weight is 410 g/mol.